The number of aromatic amines is 1. The molecule has 0 atom stereocenters. The summed E-state index contributed by atoms with van der Waals surface area (Å²) in [5.41, 5.74) is 0.697. The van der Waals surface area contributed by atoms with E-state index >= 15 is 0 Å². The molecule has 0 bridgehead atoms. The maximum absolute atomic E-state index is 12.4. The molecule has 2 aromatic carbocycles. The molecule has 2 amide bonds. The summed E-state index contributed by atoms with van der Waals surface area (Å²) in [6.07, 6.45) is 2.96. The molecule has 2 heterocycles. The Morgan fingerprint density at radius 3 is 2.52 bits per heavy atom. The lowest BCUT2D eigenvalue weighted by Crippen LogP contribution is -2.24. The molecule has 4 rings (SSSR count). The van der Waals surface area contributed by atoms with Crippen LogP contribution in [0.4, 0.5) is 16.2 Å². The fourth-order valence-electron chi connectivity index (χ4n) is 3.20. The smallest absolute Gasteiger partial charge is 0.360 e. The van der Waals surface area contributed by atoms with Crippen molar-refractivity contribution in [2.24, 2.45) is 0 Å². The van der Waals surface area contributed by atoms with Crippen LogP contribution in [0.5, 0.6) is 0 Å². The highest BCUT2D eigenvalue weighted by Gasteiger charge is 2.14. The van der Waals surface area contributed by atoms with E-state index < -0.39 is 28.7 Å². The van der Waals surface area contributed by atoms with Gasteiger partial charge in [0.2, 0.25) is 11.1 Å². The van der Waals surface area contributed by atoms with Crippen LogP contribution in [-0.2, 0) is 0 Å². The predicted molar refractivity (Wildman–Crippen MR) is 126 cm³/mol. The lowest BCUT2D eigenvalue weighted by Gasteiger charge is -2.13. The zero-order valence-electron chi connectivity index (χ0n) is 17.0. The molecule has 0 radical (unpaired) electrons. The molecule has 4 aromatic rings. The van der Waals surface area contributed by atoms with Gasteiger partial charge in [0.25, 0.3) is 5.56 Å². The molecule has 0 aliphatic heterocycles. The number of carboxylic acids is 1. The highest BCUT2D eigenvalue weighted by molar-refractivity contribution is 9.10. The number of carboxylic acid groups (broad SMARTS) is 1. The molecule has 4 N–H and O–H groups in total. The van der Waals surface area contributed by atoms with E-state index in [1.165, 1.54) is 18.5 Å². The topological polar surface area (TPSA) is 146 Å². The van der Waals surface area contributed by atoms with E-state index in [1.807, 2.05) is 0 Å². The summed E-state index contributed by atoms with van der Waals surface area (Å²) in [4.78, 5) is 54.3. The van der Waals surface area contributed by atoms with Crippen LogP contribution in [0.1, 0.15) is 16.1 Å². The standard InChI is InChI=1S/C22H16BrN5O5/c1-11-8-14-15(25-19(21(31)32)20(30)26-14)9-17(11)28-7-6-18(29)16(10-28)27-22(33)24-13-4-2-12(23)3-5-13/h2-10H,1H3,(H,26,30)(H,31,32)(H2,24,27,33). The van der Waals surface area contributed by atoms with E-state index in [2.05, 4.69) is 36.5 Å². The van der Waals surface area contributed by atoms with Crippen molar-refractivity contribution in [1.29, 1.82) is 0 Å². The molecule has 0 saturated heterocycles. The van der Waals surface area contributed by atoms with Crippen LogP contribution in [-0.4, -0.2) is 31.6 Å². The fourth-order valence-corrected chi connectivity index (χ4v) is 3.46. The summed E-state index contributed by atoms with van der Waals surface area (Å²) in [6.45, 7) is 1.78. The number of anilines is 2. The number of H-pyrrole nitrogens is 1. The number of amides is 2. The van der Waals surface area contributed by atoms with E-state index in [4.69, 9.17) is 5.11 Å². The van der Waals surface area contributed by atoms with Gasteiger partial charge in [0.1, 0.15) is 5.69 Å². The molecular weight excluding hydrogens is 494 g/mol. The number of nitrogens with zero attached hydrogens (tertiary/aromatic N) is 2. The highest BCUT2D eigenvalue weighted by atomic mass is 79.9. The number of urea groups is 1. The van der Waals surface area contributed by atoms with Gasteiger partial charge in [-0.25, -0.2) is 14.6 Å². The fraction of sp³-hybridized carbons (Fsp3) is 0.0455. The first-order valence-corrected chi connectivity index (χ1v) is 10.3. The largest absolute Gasteiger partial charge is 0.476 e. The number of hydrogen-bond acceptors (Lipinski definition) is 5. The van der Waals surface area contributed by atoms with Crippen molar-refractivity contribution in [2.75, 3.05) is 10.6 Å². The SMILES string of the molecule is Cc1cc2[nH]c(=O)c(C(=O)O)nc2cc1-n1ccc(=O)c(NC(=O)Nc2ccc(Br)cc2)c1. The molecule has 0 fully saturated rings. The third-order valence-electron chi connectivity index (χ3n) is 4.76. The van der Waals surface area contributed by atoms with Gasteiger partial charge >= 0.3 is 12.0 Å². The van der Waals surface area contributed by atoms with Gasteiger partial charge in [-0.1, -0.05) is 15.9 Å². The van der Waals surface area contributed by atoms with Crippen LogP contribution < -0.4 is 21.6 Å². The predicted octanol–water partition coefficient (Wildman–Crippen LogP) is 3.49. The molecule has 0 unspecified atom stereocenters. The zero-order valence-corrected chi connectivity index (χ0v) is 18.6. The number of aromatic nitrogens is 3. The molecule has 0 aliphatic rings. The number of nitrogens with one attached hydrogen (secondary N) is 3. The molecule has 0 saturated carbocycles. The molecule has 0 aliphatic carbocycles. The van der Waals surface area contributed by atoms with Crippen LogP contribution in [0.25, 0.3) is 16.7 Å². The van der Waals surface area contributed by atoms with Gasteiger partial charge in [0.05, 0.1) is 16.7 Å². The lowest BCUT2D eigenvalue weighted by molar-refractivity contribution is 0.0689. The monoisotopic (exact) mass is 509 g/mol. The van der Waals surface area contributed by atoms with Gasteiger partial charge in [0.15, 0.2) is 0 Å². The van der Waals surface area contributed by atoms with Gasteiger partial charge < -0.3 is 25.3 Å². The Labute approximate surface area is 194 Å². The van der Waals surface area contributed by atoms with Gasteiger partial charge in [-0.15, -0.1) is 0 Å². The summed E-state index contributed by atoms with van der Waals surface area (Å²) in [6, 6.07) is 10.9. The number of aromatic carboxylic acids is 1. The average Bonchev–Trinajstić information content (AvgIpc) is 2.76. The van der Waals surface area contributed by atoms with E-state index in [0.29, 0.717) is 16.9 Å². The summed E-state index contributed by atoms with van der Waals surface area (Å²) < 4.78 is 2.46. The summed E-state index contributed by atoms with van der Waals surface area (Å²) in [5.74, 6) is -1.44. The Kier molecular flexibility index (Phi) is 5.80. The Morgan fingerprint density at radius 2 is 1.82 bits per heavy atom. The van der Waals surface area contributed by atoms with E-state index in [-0.39, 0.29) is 11.2 Å². The number of aryl methyl sites for hydroxylation is 1. The molecular formula is C22H16BrN5O5. The minimum atomic E-state index is -1.44. The van der Waals surface area contributed by atoms with Crippen molar-refractivity contribution < 1.29 is 14.7 Å². The number of carbonyl (C=O) groups is 2. The third kappa shape index (κ3) is 4.67. The first-order valence-electron chi connectivity index (χ1n) is 9.55. The van der Waals surface area contributed by atoms with Crippen LogP contribution >= 0.6 is 15.9 Å². The minimum Gasteiger partial charge on any atom is -0.476 e. The second kappa shape index (κ2) is 8.71. The number of fused-ring (bicyclic) bond motifs is 1. The molecule has 0 spiro atoms. The average molecular weight is 510 g/mol. The second-order valence-electron chi connectivity index (χ2n) is 7.09. The number of pyridine rings is 1. The van der Waals surface area contributed by atoms with E-state index in [1.54, 1.807) is 47.9 Å². The Balaban J connectivity index is 1.68. The normalized spacial score (nSPS) is 10.7. The van der Waals surface area contributed by atoms with Crippen LogP contribution in [0.15, 0.2) is 68.9 Å². The second-order valence-corrected chi connectivity index (χ2v) is 8.01. The number of halogens is 1. The first kappa shape index (κ1) is 22.0. The first-order chi connectivity index (χ1) is 15.7. The highest BCUT2D eigenvalue weighted by Crippen LogP contribution is 2.21. The number of rotatable bonds is 4. The van der Waals surface area contributed by atoms with Crippen molar-refractivity contribution in [3.8, 4) is 5.69 Å². The van der Waals surface area contributed by atoms with E-state index in [0.717, 1.165) is 10.0 Å². The summed E-state index contributed by atoms with van der Waals surface area (Å²) in [5, 5.41) is 14.3. The molecule has 2 aromatic heterocycles. The third-order valence-corrected chi connectivity index (χ3v) is 5.29. The maximum Gasteiger partial charge on any atom is 0.360 e. The summed E-state index contributed by atoms with van der Waals surface area (Å²) >= 11 is 3.32. The van der Waals surface area contributed by atoms with Crippen LogP contribution in [0.2, 0.25) is 0 Å². The molecule has 10 nitrogen and oxygen atoms in total. The molecule has 166 valence electrons. The van der Waals surface area contributed by atoms with Crippen molar-refractivity contribution in [1.82, 2.24) is 14.5 Å². The lowest BCUT2D eigenvalue weighted by atomic mass is 10.1. The Bertz CT molecular complexity index is 1530. The van der Waals surface area contributed by atoms with Crippen molar-refractivity contribution in [2.45, 2.75) is 6.92 Å². The van der Waals surface area contributed by atoms with Crippen LogP contribution in [0.3, 0.4) is 0 Å². The summed E-state index contributed by atoms with van der Waals surface area (Å²) in [7, 11) is 0. The van der Waals surface area contributed by atoms with E-state index in [9.17, 15) is 19.2 Å². The van der Waals surface area contributed by atoms with Crippen molar-refractivity contribution in [3.63, 3.8) is 0 Å². The maximum atomic E-state index is 12.4. The minimum absolute atomic E-state index is 0.0345. The quantitative estimate of drug-likeness (QED) is 0.331. The van der Waals surface area contributed by atoms with Gasteiger partial charge in [-0.2, -0.15) is 0 Å². The van der Waals surface area contributed by atoms with Gasteiger partial charge in [-0.05, 0) is 48.9 Å². The number of benzene rings is 2. The molecule has 11 heteroatoms. The number of carbonyl (C=O) groups excluding carboxylic acids is 1. The Hall–Kier alpha value is -4.25. The van der Waals surface area contributed by atoms with Crippen LogP contribution in [0, 0.1) is 6.92 Å². The zero-order chi connectivity index (χ0) is 23.7. The molecule has 33 heavy (non-hydrogen) atoms. The van der Waals surface area contributed by atoms with Crippen molar-refractivity contribution >= 4 is 50.3 Å². The van der Waals surface area contributed by atoms with Gasteiger partial charge in [0, 0.05) is 28.6 Å². The number of hydrogen-bond donors (Lipinski definition) is 4. The van der Waals surface area contributed by atoms with Crippen molar-refractivity contribution in [3.05, 3.63) is 91.2 Å². The van der Waals surface area contributed by atoms with Gasteiger partial charge in [-0.3, -0.25) is 9.59 Å². The Morgan fingerprint density at radius 1 is 1.09 bits per heavy atom.